The predicted molar refractivity (Wildman–Crippen MR) is 60.5 cm³/mol. The monoisotopic (exact) mass is 189 g/mol. The second-order valence-electron chi connectivity index (χ2n) is 4.26. The Morgan fingerprint density at radius 1 is 1.21 bits per heavy atom. The first-order chi connectivity index (χ1) is 6.88. The minimum Gasteiger partial charge on any atom is -0.313 e. The summed E-state index contributed by atoms with van der Waals surface area (Å²) in [5.74, 6) is 0.650. The Kier molecular flexibility index (Phi) is 3.20. The second-order valence-corrected chi connectivity index (χ2v) is 4.26. The van der Waals surface area contributed by atoms with Crippen molar-refractivity contribution in [2.24, 2.45) is 0 Å². The summed E-state index contributed by atoms with van der Waals surface area (Å²) in [4.78, 5) is 0. The maximum Gasteiger partial charge on any atom is 0.0133 e. The van der Waals surface area contributed by atoms with Crippen LogP contribution in [0.5, 0.6) is 0 Å². The van der Waals surface area contributed by atoms with Gasteiger partial charge in [-0.05, 0) is 30.9 Å². The third-order valence-electron chi connectivity index (χ3n) is 3.28. The molecule has 1 nitrogen and oxygen atoms in total. The van der Waals surface area contributed by atoms with Crippen LogP contribution >= 0.6 is 0 Å². The quantitative estimate of drug-likeness (QED) is 0.754. The van der Waals surface area contributed by atoms with E-state index in [4.69, 9.17) is 0 Å². The molecule has 1 aromatic rings. The molecule has 0 bridgehead atoms. The number of benzene rings is 1. The highest BCUT2D eigenvalue weighted by Crippen LogP contribution is 2.24. The molecule has 0 saturated carbocycles. The molecule has 14 heavy (non-hydrogen) atoms. The average Bonchev–Trinajstić information content (AvgIpc) is 2.30. The van der Waals surface area contributed by atoms with Gasteiger partial charge in [0.25, 0.3) is 0 Å². The first-order valence-electron chi connectivity index (χ1n) is 5.66. The molecule has 1 N–H and O–H groups in total. The van der Waals surface area contributed by atoms with Gasteiger partial charge in [-0.15, -0.1) is 0 Å². The highest BCUT2D eigenvalue weighted by molar-refractivity contribution is 5.20. The number of piperidine rings is 1. The largest absolute Gasteiger partial charge is 0.313 e. The van der Waals surface area contributed by atoms with Crippen molar-refractivity contribution >= 4 is 0 Å². The van der Waals surface area contributed by atoms with Gasteiger partial charge in [-0.3, -0.25) is 0 Å². The van der Waals surface area contributed by atoms with E-state index >= 15 is 0 Å². The van der Waals surface area contributed by atoms with Gasteiger partial charge in [0.05, 0.1) is 0 Å². The molecule has 76 valence electrons. The van der Waals surface area contributed by atoms with Crippen LogP contribution in [0.1, 0.15) is 37.7 Å². The fourth-order valence-electron chi connectivity index (χ4n) is 2.29. The van der Waals surface area contributed by atoms with Gasteiger partial charge in [-0.1, -0.05) is 43.7 Å². The van der Waals surface area contributed by atoms with Crippen molar-refractivity contribution in [3.63, 3.8) is 0 Å². The third kappa shape index (κ3) is 2.16. The summed E-state index contributed by atoms with van der Waals surface area (Å²) in [6.07, 6.45) is 4.06. The van der Waals surface area contributed by atoms with Crippen LogP contribution in [0, 0.1) is 0 Å². The van der Waals surface area contributed by atoms with Gasteiger partial charge in [0.2, 0.25) is 0 Å². The van der Waals surface area contributed by atoms with Crippen LogP contribution in [-0.4, -0.2) is 12.6 Å². The van der Waals surface area contributed by atoms with Gasteiger partial charge < -0.3 is 5.32 Å². The van der Waals surface area contributed by atoms with Crippen molar-refractivity contribution < 1.29 is 0 Å². The highest BCUT2D eigenvalue weighted by atomic mass is 14.9. The zero-order valence-corrected chi connectivity index (χ0v) is 8.87. The van der Waals surface area contributed by atoms with Gasteiger partial charge in [0, 0.05) is 6.04 Å². The number of hydrogen-bond donors (Lipinski definition) is 1. The van der Waals surface area contributed by atoms with E-state index in [1.165, 1.54) is 31.4 Å². The summed E-state index contributed by atoms with van der Waals surface area (Å²) in [6.45, 7) is 3.53. The third-order valence-corrected chi connectivity index (χ3v) is 3.28. The molecule has 1 aliphatic heterocycles. The summed E-state index contributed by atoms with van der Waals surface area (Å²) in [5, 5.41) is 3.62. The standard InChI is InChI=1S/C13H19N/c1-11(12-7-3-2-4-8-12)13-9-5-6-10-14-13/h2-4,7-8,11,13-14H,5-6,9-10H2,1H3/t11-,13-/m1/s1. The lowest BCUT2D eigenvalue weighted by Crippen LogP contribution is -2.37. The minimum absolute atomic E-state index is 0.650. The predicted octanol–water partition coefficient (Wildman–Crippen LogP) is 2.93. The van der Waals surface area contributed by atoms with E-state index in [1.807, 2.05) is 0 Å². The van der Waals surface area contributed by atoms with Crippen LogP contribution in [0.4, 0.5) is 0 Å². The topological polar surface area (TPSA) is 12.0 Å². The minimum atomic E-state index is 0.650. The Morgan fingerprint density at radius 2 is 2.00 bits per heavy atom. The number of rotatable bonds is 2. The van der Waals surface area contributed by atoms with Gasteiger partial charge in [0.15, 0.2) is 0 Å². The van der Waals surface area contributed by atoms with Crippen molar-refractivity contribution in [1.29, 1.82) is 0 Å². The Balaban J connectivity index is 2.03. The lowest BCUT2D eigenvalue weighted by Gasteiger charge is -2.29. The van der Waals surface area contributed by atoms with Gasteiger partial charge >= 0.3 is 0 Å². The molecule has 0 amide bonds. The number of nitrogens with one attached hydrogen (secondary N) is 1. The lowest BCUT2D eigenvalue weighted by atomic mass is 9.88. The Hall–Kier alpha value is -0.820. The highest BCUT2D eigenvalue weighted by Gasteiger charge is 2.20. The maximum absolute atomic E-state index is 3.62. The average molecular weight is 189 g/mol. The van der Waals surface area contributed by atoms with E-state index in [0.717, 1.165) is 0 Å². The van der Waals surface area contributed by atoms with Crippen LogP contribution in [0.25, 0.3) is 0 Å². The van der Waals surface area contributed by atoms with Gasteiger partial charge in [-0.25, -0.2) is 0 Å². The first-order valence-corrected chi connectivity index (χ1v) is 5.66. The Morgan fingerprint density at radius 3 is 2.64 bits per heavy atom. The molecule has 0 unspecified atom stereocenters. The smallest absolute Gasteiger partial charge is 0.0133 e. The van der Waals surface area contributed by atoms with Crippen LogP contribution in [0.15, 0.2) is 30.3 Å². The van der Waals surface area contributed by atoms with Crippen molar-refractivity contribution in [1.82, 2.24) is 5.32 Å². The molecule has 1 saturated heterocycles. The molecule has 0 aliphatic carbocycles. The van der Waals surface area contributed by atoms with E-state index < -0.39 is 0 Å². The molecule has 1 aliphatic rings. The summed E-state index contributed by atoms with van der Waals surface area (Å²) >= 11 is 0. The zero-order valence-electron chi connectivity index (χ0n) is 8.87. The van der Waals surface area contributed by atoms with Gasteiger partial charge in [0.1, 0.15) is 0 Å². The zero-order chi connectivity index (χ0) is 9.80. The molecule has 0 aromatic heterocycles. The molecule has 1 aromatic carbocycles. The van der Waals surface area contributed by atoms with E-state index in [9.17, 15) is 0 Å². The van der Waals surface area contributed by atoms with Crippen molar-refractivity contribution in [3.8, 4) is 0 Å². The molecule has 1 fully saturated rings. The van der Waals surface area contributed by atoms with E-state index in [1.54, 1.807) is 0 Å². The van der Waals surface area contributed by atoms with Crippen molar-refractivity contribution in [2.75, 3.05) is 6.54 Å². The molecule has 2 rings (SSSR count). The SMILES string of the molecule is C[C@H](c1ccccc1)[C@H]1CCCCN1. The fraction of sp³-hybridized carbons (Fsp3) is 0.538. The van der Waals surface area contributed by atoms with Gasteiger partial charge in [-0.2, -0.15) is 0 Å². The van der Waals surface area contributed by atoms with Crippen LogP contribution < -0.4 is 5.32 Å². The lowest BCUT2D eigenvalue weighted by molar-refractivity contribution is 0.361. The molecular formula is C13H19N. The summed E-state index contributed by atoms with van der Waals surface area (Å²) in [7, 11) is 0. The molecule has 0 spiro atoms. The second kappa shape index (κ2) is 4.61. The van der Waals surface area contributed by atoms with Crippen LogP contribution in [0.3, 0.4) is 0 Å². The fourth-order valence-corrected chi connectivity index (χ4v) is 2.29. The molecule has 1 heteroatoms. The summed E-state index contributed by atoms with van der Waals surface area (Å²) in [6, 6.07) is 11.5. The van der Waals surface area contributed by atoms with E-state index in [0.29, 0.717) is 12.0 Å². The van der Waals surface area contributed by atoms with E-state index in [2.05, 4.69) is 42.6 Å². The van der Waals surface area contributed by atoms with Crippen molar-refractivity contribution in [3.05, 3.63) is 35.9 Å². The maximum atomic E-state index is 3.62. The first kappa shape index (κ1) is 9.72. The van der Waals surface area contributed by atoms with Crippen LogP contribution in [-0.2, 0) is 0 Å². The number of hydrogen-bond acceptors (Lipinski definition) is 1. The summed E-state index contributed by atoms with van der Waals surface area (Å²) < 4.78 is 0. The van der Waals surface area contributed by atoms with Crippen molar-refractivity contribution in [2.45, 2.75) is 38.1 Å². The molecular weight excluding hydrogens is 170 g/mol. The van der Waals surface area contributed by atoms with Crippen LogP contribution in [0.2, 0.25) is 0 Å². The van der Waals surface area contributed by atoms with E-state index in [-0.39, 0.29) is 0 Å². The Labute approximate surface area is 86.5 Å². The Bertz CT molecular complexity index is 262. The normalized spacial score (nSPS) is 24.5. The summed E-state index contributed by atoms with van der Waals surface area (Å²) in [5.41, 5.74) is 1.46. The molecule has 2 atom stereocenters. The molecule has 1 heterocycles. The molecule has 0 radical (unpaired) electrons.